The molecular formula is C6H11N2O2Pt-. The van der Waals surface area contributed by atoms with Crippen molar-refractivity contribution in [1.29, 1.82) is 3.91 Å². The van der Waals surface area contributed by atoms with E-state index in [-0.39, 0.29) is 25.9 Å². The Bertz CT molecular complexity index is 146. The van der Waals surface area contributed by atoms with Crippen molar-refractivity contribution in [2.75, 3.05) is 13.1 Å². The zero-order valence-electron chi connectivity index (χ0n) is 6.99. The third kappa shape index (κ3) is 7.53. The van der Waals surface area contributed by atoms with Crippen LogP contribution in [0.25, 0.3) is 0 Å². The third-order valence-corrected chi connectivity index (χ3v) is 0.918. The van der Waals surface area contributed by atoms with Gasteiger partial charge >= 0.3 is 23.5 Å². The number of aldehydes is 1. The first-order valence-electron chi connectivity index (χ1n) is 3.42. The van der Waals surface area contributed by atoms with E-state index in [1.165, 1.54) is 24.5 Å². The molecule has 0 radical (unpaired) electrons. The molecule has 0 aliphatic heterocycles. The van der Waals surface area contributed by atoms with Gasteiger partial charge in [-0.25, -0.2) is 0 Å². The van der Waals surface area contributed by atoms with Crippen molar-refractivity contribution >= 4 is 12.2 Å². The third-order valence-electron chi connectivity index (χ3n) is 0.918. The second-order valence-electron chi connectivity index (χ2n) is 1.51. The van der Waals surface area contributed by atoms with Crippen LogP contribution in [-0.2, 0) is 29.2 Å². The molecule has 11 heavy (non-hydrogen) atoms. The minimum absolute atomic E-state index is 0.0429. The number of hydrogen-bond acceptors (Lipinski definition) is 3. The van der Waals surface area contributed by atoms with Crippen LogP contribution in [0.15, 0.2) is 0 Å². The van der Waals surface area contributed by atoms with E-state index >= 15 is 0 Å². The fraction of sp³-hybridized carbons (Fsp3) is 0.500. The van der Waals surface area contributed by atoms with E-state index < -0.39 is 0 Å². The molecule has 0 spiro atoms. The molecule has 4 nitrogen and oxygen atoms in total. The number of hydrogen-bond donors (Lipinski definition) is 1. The van der Waals surface area contributed by atoms with Gasteiger partial charge in [0.25, 0.3) is 0 Å². The van der Waals surface area contributed by atoms with E-state index in [9.17, 15) is 9.59 Å². The van der Waals surface area contributed by atoms with Crippen LogP contribution >= 0.6 is 0 Å². The van der Waals surface area contributed by atoms with Crippen molar-refractivity contribution < 1.29 is 30.6 Å². The molecule has 68 valence electrons. The fourth-order valence-electron chi connectivity index (χ4n) is 0.408. The Morgan fingerprint density at radius 1 is 1.91 bits per heavy atom. The summed E-state index contributed by atoms with van der Waals surface area (Å²) in [6.07, 6.45) is 0.624. The Hall–Kier alpha value is -0.372. The Morgan fingerprint density at radius 3 is 2.73 bits per heavy atom. The average molecular weight is 340 g/mol. The summed E-state index contributed by atoms with van der Waals surface area (Å²) in [5, 5.41) is 0. The van der Waals surface area contributed by atoms with Gasteiger partial charge in [0.1, 0.15) is 6.29 Å². The van der Waals surface area contributed by atoms with Crippen molar-refractivity contribution in [1.82, 2.24) is 4.90 Å². The number of amides is 1. The van der Waals surface area contributed by atoms with Gasteiger partial charge < -0.3 is 16.6 Å². The van der Waals surface area contributed by atoms with Gasteiger partial charge in [-0.2, -0.15) is 0 Å². The maximum absolute atomic E-state index is 10.7. The second kappa shape index (κ2) is 9.63. The van der Waals surface area contributed by atoms with Crippen LogP contribution in [0, 0.1) is 10.8 Å². The molecule has 0 unspecified atom stereocenters. The van der Waals surface area contributed by atoms with E-state index in [1.807, 2.05) is 0 Å². The Morgan fingerprint density at radius 2 is 2.45 bits per heavy atom. The predicted molar refractivity (Wildman–Crippen MR) is 36.4 cm³/mol. The van der Waals surface area contributed by atoms with Crippen molar-refractivity contribution in [3.8, 4) is 0 Å². The molecule has 0 bridgehead atoms. The van der Waals surface area contributed by atoms with Crippen LogP contribution in [0.5, 0.6) is 0 Å². The first kappa shape index (κ1) is 10.6. The minimum atomic E-state index is -0.359. The molecule has 0 rings (SSSR count). The Labute approximate surface area is 78.9 Å². The van der Waals surface area contributed by atoms with Gasteiger partial charge in [-0.3, -0.25) is 4.79 Å². The molecule has 0 aromatic carbocycles. The van der Waals surface area contributed by atoms with E-state index in [1.54, 1.807) is 0 Å². The number of carbonyl (C=O) groups is 2. The van der Waals surface area contributed by atoms with Gasteiger partial charge in [0.15, 0.2) is 0 Å². The fourth-order valence-corrected chi connectivity index (χ4v) is 0.408. The molecule has 0 aromatic heterocycles. The van der Waals surface area contributed by atoms with E-state index in [2.05, 4.69) is 6.92 Å². The van der Waals surface area contributed by atoms with Gasteiger partial charge in [0.2, 0.25) is 5.91 Å². The summed E-state index contributed by atoms with van der Waals surface area (Å²) in [5.74, 6) is -0.359. The number of rotatable bonds is 3. The predicted octanol–water partition coefficient (Wildman–Crippen LogP) is 0.163. The average Bonchev–Trinajstić information content (AvgIpc) is 2.16. The van der Waals surface area contributed by atoms with Crippen LogP contribution in [0.2, 0.25) is 0 Å². The van der Waals surface area contributed by atoms with Crippen molar-refractivity contribution in [2.45, 2.75) is 6.90 Å². The SMILES string of the molecule is [3H]CC(=O)N(C[CH2-])CC=O.[NH]=[Pt]. The number of carbonyl (C=O) groups excluding carboxylic acids is 2. The van der Waals surface area contributed by atoms with Gasteiger partial charge in [0.05, 0.1) is 6.54 Å². The standard InChI is InChI=1S/C6H10NO2.HN.Pt/c1-3-7(4-5-8)6(2)9;;/h5H,1,3-4H2,2H3;1H;/q-1;;/i2T;;. The molecule has 0 aliphatic rings. The van der Waals surface area contributed by atoms with E-state index in [4.69, 9.17) is 5.28 Å². The summed E-state index contributed by atoms with van der Waals surface area (Å²) in [4.78, 5) is 21.8. The van der Waals surface area contributed by atoms with Crippen LogP contribution in [0.3, 0.4) is 0 Å². The topological polar surface area (TPSA) is 61.2 Å². The Balaban J connectivity index is 0. The van der Waals surface area contributed by atoms with Gasteiger partial charge in [-0.1, -0.05) is 0 Å². The van der Waals surface area contributed by atoms with Crippen LogP contribution in [-0.4, -0.2) is 30.2 Å². The molecule has 0 aromatic rings. The summed E-state index contributed by atoms with van der Waals surface area (Å²) in [5.41, 5.74) is 0. The first-order valence-corrected chi connectivity index (χ1v) is 3.85. The molecule has 0 aliphatic carbocycles. The molecule has 1 N–H and O–H groups in total. The molecule has 0 heterocycles. The van der Waals surface area contributed by atoms with Crippen molar-refractivity contribution in [3.63, 3.8) is 0 Å². The number of nitrogens with zero attached hydrogens (tertiary/aromatic N) is 1. The summed E-state index contributed by atoms with van der Waals surface area (Å²) in [6, 6.07) is 0. The molecule has 5 heteroatoms. The monoisotopic (exact) mass is 340 g/mol. The van der Waals surface area contributed by atoms with E-state index in [0.29, 0.717) is 6.29 Å². The molecule has 0 atom stereocenters. The van der Waals surface area contributed by atoms with E-state index in [0.717, 1.165) is 0 Å². The molecule has 1 amide bonds. The number of nitrogens with one attached hydrogen (secondary N) is 1. The zero-order valence-corrected chi connectivity index (χ0v) is 8.26. The van der Waals surface area contributed by atoms with Crippen LogP contribution < -0.4 is 0 Å². The zero-order chi connectivity index (χ0) is 9.98. The Kier molecular flexibility index (Phi) is 9.30. The van der Waals surface area contributed by atoms with Gasteiger partial charge in [-0.15, -0.1) is 6.54 Å². The van der Waals surface area contributed by atoms with Gasteiger partial charge in [-0.05, 0) is 0 Å². The summed E-state index contributed by atoms with van der Waals surface area (Å²) in [7, 11) is 0. The molecule has 0 saturated carbocycles. The van der Waals surface area contributed by atoms with Crippen LogP contribution in [0.4, 0.5) is 0 Å². The maximum atomic E-state index is 10.7. The normalized spacial score (nSPS) is 8.82. The van der Waals surface area contributed by atoms with Crippen molar-refractivity contribution in [2.24, 2.45) is 0 Å². The van der Waals surface area contributed by atoms with Gasteiger partial charge in [0, 0.05) is 8.27 Å². The molecule has 0 saturated heterocycles. The first-order chi connectivity index (χ1) is 5.76. The summed E-state index contributed by atoms with van der Waals surface area (Å²) in [6.45, 7) is 3.41. The molecule has 0 fully saturated rings. The quantitative estimate of drug-likeness (QED) is 0.588. The molecular weight excluding hydrogens is 327 g/mol. The summed E-state index contributed by atoms with van der Waals surface area (Å²) < 4.78 is 12.4. The van der Waals surface area contributed by atoms with Crippen LogP contribution in [0.1, 0.15) is 8.27 Å². The van der Waals surface area contributed by atoms with Crippen molar-refractivity contribution in [3.05, 3.63) is 6.92 Å². The summed E-state index contributed by atoms with van der Waals surface area (Å²) >= 11 is 1.39. The second-order valence-corrected chi connectivity index (χ2v) is 1.51.